The molecule has 3 rings (SSSR count). The highest BCUT2D eigenvalue weighted by Gasteiger charge is 2.19. The molecule has 2 aromatic heterocycles. The number of pyridine rings is 2. The first kappa shape index (κ1) is 9.43. The molecule has 0 N–H and O–H groups in total. The Morgan fingerprint density at radius 2 is 2.20 bits per heavy atom. The normalized spacial score (nSPS) is 14.5. The first-order valence-corrected chi connectivity index (χ1v) is 6.20. The number of halogens is 1. The molecule has 3 heterocycles. The molecule has 4 heteroatoms. The summed E-state index contributed by atoms with van der Waals surface area (Å²) in [6, 6.07) is 3.99. The van der Waals surface area contributed by atoms with Crippen molar-refractivity contribution in [3.05, 3.63) is 28.5 Å². The van der Waals surface area contributed by atoms with Crippen LogP contribution in [-0.2, 0) is 6.42 Å². The second kappa shape index (κ2) is 3.35. The fourth-order valence-electron chi connectivity index (χ4n) is 1.87. The zero-order valence-electron chi connectivity index (χ0n) is 8.25. The van der Waals surface area contributed by atoms with E-state index in [2.05, 4.69) is 9.97 Å². The molecule has 0 atom stereocenters. The molecule has 0 aromatic carbocycles. The fraction of sp³-hybridized carbons (Fsp3) is 0.273. The highest BCUT2D eigenvalue weighted by Crippen LogP contribution is 2.36. The molecular formula is C11H9ClN2S. The second-order valence-corrected chi connectivity index (χ2v) is 5.08. The van der Waals surface area contributed by atoms with Gasteiger partial charge in [0.05, 0.1) is 5.52 Å². The first-order valence-electron chi connectivity index (χ1n) is 4.84. The van der Waals surface area contributed by atoms with E-state index < -0.39 is 0 Å². The molecule has 15 heavy (non-hydrogen) atoms. The minimum atomic E-state index is 0.575. The summed E-state index contributed by atoms with van der Waals surface area (Å²) >= 11 is 7.90. The summed E-state index contributed by atoms with van der Waals surface area (Å²) in [6.07, 6.45) is 1.05. The van der Waals surface area contributed by atoms with Crippen molar-refractivity contribution in [3.8, 4) is 0 Å². The predicted octanol–water partition coefficient (Wildman–Crippen LogP) is 3.24. The van der Waals surface area contributed by atoms with E-state index in [1.807, 2.05) is 19.1 Å². The Morgan fingerprint density at radius 1 is 1.33 bits per heavy atom. The van der Waals surface area contributed by atoms with Crippen LogP contribution in [-0.4, -0.2) is 15.7 Å². The number of aryl methyl sites for hydroxylation is 2. The molecule has 1 aliphatic heterocycles. The quantitative estimate of drug-likeness (QED) is 0.657. The number of aromatic nitrogens is 2. The van der Waals surface area contributed by atoms with Crippen LogP contribution < -0.4 is 0 Å². The third-order valence-electron chi connectivity index (χ3n) is 2.59. The third-order valence-corrected chi connectivity index (χ3v) is 3.90. The Balaban J connectivity index is 2.45. The van der Waals surface area contributed by atoms with E-state index in [1.54, 1.807) is 11.8 Å². The number of hydrogen-bond donors (Lipinski definition) is 0. The lowest BCUT2D eigenvalue weighted by atomic mass is 10.1. The van der Waals surface area contributed by atoms with Gasteiger partial charge in [-0.15, -0.1) is 11.8 Å². The molecule has 0 unspecified atom stereocenters. The summed E-state index contributed by atoms with van der Waals surface area (Å²) in [7, 11) is 0. The van der Waals surface area contributed by atoms with Crippen LogP contribution in [0.1, 0.15) is 11.3 Å². The van der Waals surface area contributed by atoms with Gasteiger partial charge in [-0.05, 0) is 25.5 Å². The molecule has 0 amide bonds. The summed E-state index contributed by atoms with van der Waals surface area (Å²) in [5, 5.41) is 2.61. The largest absolute Gasteiger partial charge is 0.253 e. The van der Waals surface area contributed by atoms with Crippen LogP contribution in [0.25, 0.3) is 10.9 Å². The van der Waals surface area contributed by atoms with Gasteiger partial charge >= 0.3 is 0 Å². The Labute approximate surface area is 97.1 Å². The molecule has 2 nitrogen and oxygen atoms in total. The Hall–Kier alpha value is -0.800. The number of rotatable bonds is 0. The average molecular weight is 237 g/mol. The summed E-state index contributed by atoms with van der Waals surface area (Å²) in [5.41, 5.74) is 3.34. The van der Waals surface area contributed by atoms with Crippen molar-refractivity contribution < 1.29 is 0 Å². The zero-order valence-corrected chi connectivity index (χ0v) is 9.82. The smallest absolute Gasteiger partial charge is 0.139 e. The predicted molar refractivity (Wildman–Crippen MR) is 63.7 cm³/mol. The van der Waals surface area contributed by atoms with E-state index >= 15 is 0 Å². The minimum absolute atomic E-state index is 0.575. The van der Waals surface area contributed by atoms with Crippen molar-refractivity contribution in [1.82, 2.24) is 9.97 Å². The van der Waals surface area contributed by atoms with Crippen molar-refractivity contribution in [2.75, 3.05) is 5.75 Å². The van der Waals surface area contributed by atoms with Gasteiger partial charge in [0, 0.05) is 22.4 Å². The van der Waals surface area contributed by atoms with Crippen LogP contribution in [0, 0.1) is 6.92 Å². The van der Waals surface area contributed by atoms with E-state index in [-0.39, 0.29) is 0 Å². The van der Waals surface area contributed by atoms with Gasteiger partial charge < -0.3 is 0 Å². The monoisotopic (exact) mass is 236 g/mol. The molecular weight excluding hydrogens is 228 g/mol. The Morgan fingerprint density at radius 3 is 3.07 bits per heavy atom. The van der Waals surface area contributed by atoms with Crippen LogP contribution in [0.4, 0.5) is 0 Å². The Kier molecular flexibility index (Phi) is 2.11. The summed E-state index contributed by atoms with van der Waals surface area (Å²) in [4.78, 5) is 8.97. The number of fused-ring (bicyclic) bond motifs is 3. The van der Waals surface area contributed by atoms with Gasteiger partial charge in [0.25, 0.3) is 0 Å². The number of nitrogens with zero attached hydrogens (tertiary/aromatic N) is 2. The molecule has 0 fully saturated rings. The van der Waals surface area contributed by atoms with Gasteiger partial charge in [-0.1, -0.05) is 11.6 Å². The van der Waals surface area contributed by atoms with Crippen LogP contribution in [0.5, 0.6) is 0 Å². The van der Waals surface area contributed by atoms with Crippen molar-refractivity contribution in [2.45, 2.75) is 18.4 Å². The Bertz CT molecular complexity index is 554. The van der Waals surface area contributed by atoms with Gasteiger partial charge in [-0.25, -0.2) is 4.98 Å². The summed E-state index contributed by atoms with van der Waals surface area (Å²) in [6.45, 7) is 2.00. The van der Waals surface area contributed by atoms with Gasteiger partial charge in [0.15, 0.2) is 0 Å². The second-order valence-electron chi connectivity index (χ2n) is 3.63. The molecule has 0 aliphatic carbocycles. The molecule has 76 valence electrons. The van der Waals surface area contributed by atoms with E-state index in [4.69, 9.17) is 11.6 Å². The molecule has 0 saturated heterocycles. The number of hydrogen-bond acceptors (Lipinski definition) is 3. The van der Waals surface area contributed by atoms with Crippen LogP contribution in [0.3, 0.4) is 0 Å². The molecule has 0 radical (unpaired) electrons. The van der Waals surface area contributed by atoms with Crippen LogP contribution >= 0.6 is 23.4 Å². The van der Waals surface area contributed by atoms with Crippen LogP contribution in [0.15, 0.2) is 17.2 Å². The van der Waals surface area contributed by atoms with Crippen LogP contribution in [0.2, 0.25) is 5.15 Å². The van der Waals surface area contributed by atoms with E-state index in [1.165, 1.54) is 5.56 Å². The maximum atomic E-state index is 6.13. The lowest BCUT2D eigenvalue weighted by Crippen LogP contribution is -1.93. The van der Waals surface area contributed by atoms with Crippen molar-refractivity contribution in [1.29, 1.82) is 0 Å². The maximum Gasteiger partial charge on any atom is 0.139 e. The molecule has 0 spiro atoms. The SMILES string of the molecule is Cc1ccc2c(Cl)nc3c(c2n1)CCS3. The third kappa shape index (κ3) is 1.42. The molecule has 2 aromatic rings. The highest BCUT2D eigenvalue weighted by molar-refractivity contribution is 7.99. The zero-order chi connectivity index (χ0) is 10.4. The van der Waals surface area contributed by atoms with E-state index in [0.717, 1.165) is 33.8 Å². The van der Waals surface area contributed by atoms with Gasteiger partial charge in [0.1, 0.15) is 10.2 Å². The van der Waals surface area contributed by atoms with Crippen molar-refractivity contribution in [3.63, 3.8) is 0 Å². The number of thioether (sulfide) groups is 1. The molecule has 0 saturated carbocycles. The standard InChI is InChI=1S/C11H9ClN2S/c1-6-2-3-7-9(13-6)8-4-5-15-11(8)14-10(7)12/h2-3H,4-5H2,1H3. The minimum Gasteiger partial charge on any atom is -0.253 e. The van der Waals surface area contributed by atoms with Gasteiger partial charge in [-0.2, -0.15) is 0 Å². The lowest BCUT2D eigenvalue weighted by Gasteiger charge is -2.05. The van der Waals surface area contributed by atoms with Crippen molar-refractivity contribution in [2.24, 2.45) is 0 Å². The fourth-order valence-corrected chi connectivity index (χ4v) is 3.18. The van der Waals surface area contributed by atoms with Crippen molar-refractivity contribution >= 4 is 34.3 Å². The lowest BCUT2D eigenvalue weighted by molar-refractivity contribution is 1.05. The van der Waals surface area contributed by atoms with Gasteiger partial charge in [0.2, 0.25) is 0 Å². The van der Waals surface area contributed by atoms with E-state index in [9.17, 15) is 0 Å². The average Bonchev–Trinajstić information content (AvgIpc) is 2.65. The highest BCUT2D eigenvalue weighted by atomic mass is 35.5. The molecule has 0 bridgehead atoms. The summed E-state index contributed by atoms with van der Waals surface area (Å²) in [5.74, 6) is 1.09. The maximum absolute atomic E-state index is 6.13. The first-order chi connectivity index (χ1) is 7.25. The van der Waals surface area contributed by atoms with E-state index in [0.29, 0.717) is 5.15 Å². The topological polar surface area (TPSA) is 25.8 Å². The van der Waals surface area contributed by atoms with Gasteiger partial charge in [-0.3, -0.25) is 4.98 Å². The molecule has 1 aliphatic rings. The summed E-state index contributed by atoms with van der Waals surface area (Å²) < 4.78 is 0.